The molecule has 2 fully saturated rings. The van der Waals surface area contributed by atoms with Gasteiger partial charge in [0.15, 0.2) is 6.29 Å². The van der Waals surface area contributed by atoms with Gasteiger partial charge in [-0.3, -0.25) is 9.18 Å². The van der Waals surface area contributed by atoms with Gasteiger partial charge in [-0.05, 0) is 49.8 Å². The molecule has 0 bridgehead atoms. The quantitative estimate of drug-likeness (QED) is 0.301. The van der Waals surface area contributed by atoms with Crippen molar-refractivity contribution in [3.05, 3.63) is 29.6 Å². The van der Waals surface area contributed by atoms with Crippen LogP contribution in [0.5, 0.6) is 5.75 Å². The Morgan fingerprint density at radius 3 is 2.68 bits per heavy atom. The molecule has 1 aromatic rings. The molecular formula is C27H43ClF2N2O6. The van der Waals surface area contributed by atoms with E-state index in [9.17, 15) is 18.7 Å². The molecule has 8 nitrogen and oxygen atoms in total. The van der Waals surface area contributed by atoms with Crippen LogP contribution in [0.3, 0.4) is 0 Å². The molecule has 2 aliphatic rings. The molecule has 38 heavy (non-hydrogen) atoms. The van der Waals surface area contributed by atoms with Crippen LogP contribution in [0, 0.1) is 17.2 Å². The standard InChI is InChI=1S/C27H42F2N2O6.ClH/c1-17-26(37-16-27(2,3)15-28)36-14-23(30-17)25(33)22(31-24(32)7-8-34-4)11-19-9-20(29)12-21(10-19)35-13-18-5-6-18;/h9-10,12,17-18,22-23,25-26,30,33H,5-8,11,13-16H2,1-4H3,(H,31,32);1H/t17-,22-,23+,25-,26-;/m0./s1. The van der Waals surface area contributed by atoms with E-state index in [0.717, 1.165) is 12.8 Å². The Balaban J connectivity index is 0.00000507. The van der Waals surface area contributed by atoms with Crippen molar-refractivity contribution in [1.82, 2.24) is 10.6 Å². The maximum atomic E-state index is 14.4. The van der Waals surface area contributed by atoms with Crippen molar-refractivity contribution in [2.75, 3.05) is 40.2 Å². The second kappa shape index (κ2) is 15.3. The van der Waals surface area contributed by atoms with Crippen molar-refractivity contribution in [1.29, 1.82) is 0 Å². The average molecular weight is 565 g/mol. The molecule has 0 unspecified atom stereocenters. The predicted molar refractivity (Wildman–Crippen MR) is 142 cm³/mol. The molecule has 1 aliphatic heterocycles. The number of halogens is 3. The third kappa shape index (κ3) is 10.5. The molecule has 1 aliphatic carbocycles. The van der Waals surface area contributed by atoms with Crippen molar-refractivity contribution < 1.29 is 37.6 Å². The van der Waals surface area contributed by atoms with Crippen molar-refractivity contribution in [3.63, 3.8) is 0 Å². The van der Waals surface area contributed by atoms with Gasteiger partial charge in [-0.25, -0.2) is 4.39 Å². The molecule has 0 radical (unpaired) electrons. The van der Waals surface area contributed by atoms with Gasteiger partial charge in [-0.2, -0.15) is 0 Å². The van der Waals surface area contributed by atoms with Crippen molar-refractivity contribution in [2.24, 2.45) is 11.3 Å². The smallest absolute Gasteiger partial charge is 0.222 e. The number of aliphatic hydroxyl groups excluding tert-OH is 1. The first-order chi connectivity index (χ1) is 17.6. The average Bonchev–Trinajstić information content (AvgIpc) is 3.69. The zero-order valence-corrected chi connectivity index (χ0v) is 23.5. The first-order valence-electron chi connectivity index (χ1n) is 13.0. The number of morpholine rings is 1. The molecule has 5 atom stereocenters. The minimum atomic E-state index is -1.05. The first kappa shape index (κ1) is 32.7. The molecule has 1 saturated carbocycles. The highest BCUT2D eigenvalue weighted by Gasteiger charge is 2.37. The van der Waals surface area contributed by atoms with E-state index in [-0.39, 0.29) is 57.0 Å². The fourth-order valence-corrected chi connectivity index (χ4v) is 4.13. The number of methoxy groups -OCH3 is 1. The summed E-state index contributed by atoms with van der Waals surface area (Å²) in [5.74, 6) is 0.236. The van der Waals surface area contributed by atoms with Crippen LogP contribution in [0.25, 0.3) is 0 Å². The summed E-state index contributed by atoms with van der Waals surface area (Å²) in [5, 5.41) is 17.5. The molecule has 0 aromatic heterocycles. The number of hydrogen-bond acceptors (Lipinski definition) is 7. The van der Waals surface area contributed by atoms with Crippen LogP contribution >= 0.6 is 12.4 Å². The normalized spacial score (nSPS) is 23.3. The zero-order chi connectivity index (χ0) is 27.0. The van der Waals surface area contributed by atoms with E-state index in [4.69, 9.17) is 18.9 Å². The van der Waals surface area contributed by atoms with Crippen molar-refractivity contribution in [2.45, 2.75) is 77.0 Å². The number of carbonyl (C=O) groups is 1. The van der Waals surface area contributed by atoms with Crippen LogP contribution in [-0.2, 0) is 25.4 Å². The molecule has 11 heteroatoms. The number of ether oxygens (including phenoxy) is 4. The SMILES string of the molecule is COCCC(=O)N[C@@H](Cc1cc(F)cc(OCC2CC2)c1)[C@H](O)[C@H]1CO[C@@H](OCC(C)(C)CF)[C@H](C)N1.Cl. The van der Waals surface area contributed by atoms with Crippen LogP contribution in [0.15, 0.2) is 18.2 Å². The Morgan fingerprint density at radius 2 is 2.05 bits per heavy atom. The summed E-state index contributed by atoms with van der Waals surface area (Å²) < 4.78 is 49.9. The largest absolute Gasteiger partial charge is 0.493 e. The lowest BCUT2D eigenvalue weighted by atomic mass is 9.94. The second-order valence-electron chi connectivity index (χ2n) is 11.0. The molecule has 3 rings (SSSR count). The Morgan fingerprint density at radius 1 is 1.32 bits per heavy atom. The van der Waals surface area contributed by atoms with Crippen LogP contribution in [0.4, 0.5) is 8.78 Å². The van der Waals surface area contributed by atoms with E-state index >= 15 is 0 Å². The molecule has 1 amide bonds. The van der Waals surface area contributed by atoms with E-state index in [1.54, 1.807) is 19.9 Å². The van der Waals surface area contributed by atoms with E-state index in [1.165, 1.54) is 19.2 Å². The fourth-order valence-electron chi connectivity index (χ4n) is 4.13. The highest BCUT2D eigenvalue weighted by atomic mass is 35.5. The number of alkyl halides is 1. The summed E-state index contributed by atoms with van der Waals surface area (Å²) in [6, 6.07) is 2.95. The molecule has 1 heterocycles. The van der Waals surface area contributed by atoms with Gasteiger partial charge >= 0.3 is 0 Å². The van der Waals surface area contributed by atoms with Gasteiger partial charge in [0.05, 0.1) is 57.3 Å². The maximum Gasteiger partial charge on any atom is 0.222 e. The molecule has 1 aromatic carbocycles. The lowest BCUT2D eigenvalue weighted by Crippen LogP contribution is -2.62. The van der Waals surface area contributed by atoms with Crippen LogP contribution in [-0.4, -0.2) is 81.7 Å². The van der Waals surface area contributed by atoms with Crippen LogP contribution < -0.4 is 15.4 Å². The Kier molecular flexibility index (Phi) is 13.1. The number of nitrogens with one attached hydrogen (secondary N) is 2. The number of amides is 1. The molecular weight excluding hydrogens is 522 g/mol. The topological polar surface area (TPSA) is 98.3 Å². The van der Waals surface area contributed by atoms with E-state index in [2.05, 4.69) is 10.6 Å². The fraction of sp³-hybridized carbons (Fsp3) is 0.741. The van der Waals surface area contributed by atoms with Crippen molar-refractivity contribution >= 4 is 18.3 Å². The minimum Gasteiger partial charge on any atom is -0.493 e. The van der Waals surface area contributed by atoms with Gasteiger partial charge in [0.25, 0.3) is 0 Å². The third-order valence-electron chi connectivity index (χ3n) is 6.60. The number of carbonyl (C=O) groups excluding carboxylic acids is 1. The Hall–Kier alpha value is -1.56. The van der Waals surface area contributed by atoms with Crippen LogP contribution in [0.2, 0.25) is 0 Å². The summed E-state index contributed by atoms with van der Waals surface area (Å²) in [7, 11) is 1.51. The highest BCUT2D eigenvalue weighted by molar-refractivity contribution is 5.85. The third-order valence-corrected chi connectivity index (χ3v) is 6.60. The van der Waals surface area contributed by atoms with Crippen molar-refractivity contribution in [3.8, 4) is 5.75 Å². The minimum absolute atomic E-state index is 0. The maximum absolute atomic E-state index is 14.4. The predicted octanol–water partition coefficient (Wildman–Crippen LogP) is 3.18. The Labute approximate surface area is 230 Å². The number of hydrogen-bond donors (Lipinski definition) is 3. The highest BCUT2D eigenvalue weighted by Crippen LogP contribution is 2.30. The lowest BCUT2D eigenvalue weighted by Gasteiger charge is -2.40. The summed E-state index contributed by atoms with van der Waals surface area (Å²) in [5.41, 5.74) is -0.0234. The summed E-state index contributed by atoms with van der Waals surface area (Å²) in [6.45, 7) is 5.98. The first-order valence-corrected chi connectivity index (χ1v) is 13.0. The van der Waals surface area contributed by atoms with Gasteiger partial charge in [0.2, 0.25) is 5.91 Å². The number of benzene rings is 1. The monoisotopic (exact) mass is 564 g/mol. The second-order valence-corrected chi connectivity index (χ2v) is 11.0. The molecule has 0 spiro atoms. The summed E-state index contributed by atoms with van der Waals surface area (Å²) >= 11 is 0. The van der Waals surface area contributed by atoms with Gasteiger partial charge in [0.1, 0.15) is 11.6 Å². The van der Waals surface area contributed by atoms with E-state index in [1.807, 2.05) is 6.92 Å². The van der Waals surface area contributed by atoms with Crippen LogP contribution in [0.1, 0.15) is 45.6 Å². The van der Waals surface area contributed by atoms with E-state index in [0.29, 0.717) is 23.8 Å². The van der Waals surface area contributed by atoms with Gasteiger partial charge < -0.3 is 34.7 Å². The number of rotatable bonds is 15. The molecule has 3 N–H and O–H groups in total. The van der Waals surface area contributed by atoms with Gasteiger partial charge in [-0.1, -0.05) is 13.8 Å². The zero-order valence-electron chi connectivity index (χ0n) is 22.7. The number of aliphatic hydroxyl groups is 1. The lowest BCUT2D eigenvalue weighted by molar-refractivity contribution is -0.203. The molecule has 1 saturated heterocycles. The Bertz CT molecular complexity index is 876. The van der Waals surface area contributed by atoms with Gasteiger partial charge in [0, 0.05) is 25.0 Å². The van der Waals surface area contributed by atoms with E-state index < -0.39 is 42.4 Å². The summed E-state index contributed by atoms with van der Waals surface area (Å²) in [4.78, 5) is 12.5. The summed E-state index contributed by atoms with van der Waals surface area (Å²) in [6.07, 6.45) is 0.921. The molecule has 218 valence electrons. The van der Waals surface area contributed by atoms with Gasteiger partial charge in [-0.15, -0.1) is 12.4 Å².